The van der Waals surface area contributed by atoms with Crippen molar-refractivity contribution >= 4 is 5.97 Å². The van der Waals surface area contributed by atoms with Gasteiger partial charge in [-0.2, -0.15) is 0 Å². The quantitative estimate of drug-likeness (QED) is 0.696. The number of carbonyl (C=O) groups excluding carboxylic acids is 1. The standard InChI is InChI=1S/C20H26N2O5/c1-5-26-13-8-6-12(7-9-13)15-16-14(21-22-18(16)23)10-20(4,25)17(15)19(24)27-11(2)3/h6-9,11,15,17,25H,5,10H2,1-4H3,(H2,21,22,23)/t15-,17-,20+/m1/s1. The number of hydrogen-bond acceptors (Lipinski definition) is 5. The molecule has 27 heavy (non-hydrogen) atoms. The van der Waals surface area contributed by atoms with Crippen LogP contribution in [-0.2, 0) is 16.0 Å². The highest BCUT2D eigenvalue weighted by Gasteiger charge is 2.51. The van der Waals surface area contributed by atoms with Crippen molar-refractivity contribution in [1.82, 2.24) is 10.2 Å². The van der Waals surface area contributed by atoms with E-state index in [1.807, 2.05) is 19.1 Å². The summed E-state index contributed by atoms with van der Waals surface area (Å²) in [5.41, 5.74) is 0.166. The molecule has 3 atom stereocenters. The van der Waals surface area contributed by atoms with E-state index >= 15 is 0 Å². The van der Waals surface area contributed by atoms with E-state index < -0.39 is 23.4 Å². The normalized spacial score (nSPS) is 24.5. The molecule has 0 spiro atoms. The summed E-state index contributed by atoms with van der Waals surface area (Å²) in [6.07, 6.45) is -0.160. The average molecular weight is 374 g/mol. The van der Waals surface area contributed by atoms with Crippen LogP contribution in [0.2, 0.25) is 0 Å². The summed E-state index contributed by atoms with van der Waals surface area (Å²) in [5, 5.41) is 16.5. The second kappa shape index (κ2) is 7.23. The summed E-state index contributed by atoms with van der Waals surface area (Å²) in [5.74, 6) is -1.34. The lowest BCUT2D eigenvalue weighted by Gasteiger charge is -2.40. The maximum absolute atomic E-state index is 12.9. The molecular formula is C20H26N2O5. The van der Waals surface area contributed by atoms with Crippen LogP contribution in [0.5, 0.6) is 5.75 Å². The van der Waals surface area contributed by atoms with Crippen LogP contribution in [0.25, 0.3) is 0 Å². The van der Waals surface area contributed by atoms with E-state index in [0.717, 1.165) is 5.56 Å². The van der Waals surface area contributed by atoms with Crippen molar-refractivity contribution in [2.45, 2.75) is 51.7 Å². The lowest BCUT2D eigenvalue weighted by atomic mass is 9.66. The molecule has 0 amide bonds. The number of H-pyrrole nitrogens is 2. The van der Waals surface area contributed by atoms with Crippen LogP contribution in [0, 0.1) is 5.92 Å². The van der Waals surface area contributed by atoms with Gasteiger partial charge >= 0.3 is 5.97 Å². The van der Waals surface area contributed by atoms with Crippen LogP contribution >= 0.6 is 0 Å². The highest BCUT2D eigenvalue weighted by molar-refractivity contribution is 5.77. The number of nitrogens with one attached hydrogen (secondary N) is 2. The third-order valence-electron chi connectivity index (χ3n) is 4.90. The first-order valence-electron chi connectivity index (χ1n) is 9.19. The Kier molecular flexibility index (Phi) is 5.15. The summed E-state index contributed by atoms with van der Waals surface area (Å²) in [6, 6.07) is 7.24. The van der Waals surface area contributed by atoms with E-state index in [9.17, 15) is 14.7 Å². The van der Waals surface area contributed by atoms with Gasteiger partial charge in [-0.1, -0.05) is 12.1 Å². The number of benzene rings is 1. The predicted octanol–water partition coefficient (Wildman–Crippen LogP) is 2.11. The van der Waals surface area contributed by atoms with Crippen molar-refractivity contribution < 1.29 is 19.4 Å². The van der Waals surface area contributed by atoms with Gasteiger partial charge in [-0.15, -0.1) is 0 Å². The van der Waals surface area contributed by atoms with Crippen molar-refractivity contribution in [3.63, 3.8) is 0 Å². The monoisotopic (exact) mass is 374 g/mol. The molecule has 1 aromatic carbocycles. The fraction of sp³-hybridized carbons (Fsp3) is 0.500. The van der Waals surface area contributed by atoms with Crippen LogP contribution in [0.15, 0.2) is 29.1 Å². The Morgan fingerprint density at radius 1 is 1.30 bits per heavy atom. The number of carbonyl (C=O) groups is 1. The van der Waals surface area contributed by atoms with Crippen molar-refractivity contribution in [2.24, 2.45) is 5.92 Å². The van der Waals surface area contributed by atoms with Gasteiger partial charge in [-0.05, 0) is 45.4 Å². The minimum Gasteiger partial charge on any atom is -0.494 e. The molecule has 0 saturated carbocycles. The average Bonchev–Trinajstić information content (AvgIpc) is 2.93. The van der Waals surface area contributed by atoms with E-state index in [1.54, 1.807) is 32.9 Å². The van der Waals surface area contributed by atoms with Crippen LogP contribution in [-0.4, -0.2) is 39.6 Å². The summed E-state index contributed by atoms with van der Waals surface area (Å²) in [7, 11) is 0. The Bertz CT molecular complexity index is 863. The van der Waals surface area contributed by atoms with Gasteiger partial charge in [0.25, 0.3) is 5.56 Å². The number of aliphatic hydroxyl groups is 1. The molecule has 7 heteroatoms. The van der Waals surface area contributed by atoms with E-state index in [0.29, 0.717) is 23.6 Å². The molecule has 0 unspecified atom stereocenters. The van der Waals surface area contributed by atoms with E-state index in [4.69, 9.17) is 9.47 Å². The van der Waals surface area contributed by atoms with Crippen molar-refractivity contribution in [3.05, 3.63) is 51.4 Å². The molecule has 146 valence electrons. The Labute approximate surface area is 157 Å². The lowest BCUT2D eigenvalue weighted by Crippen LogP contribution is -2.50. The third kappa shape index (κ3) is 3.64. The van der Waals surface area contributed by atoms with Gasteiger partial charge in [0.05, 0.1) is 24.2 Å². The molecule has 3 N–H and O–H groups in total. The Balaban J connectivity index is 2.12. The molecule has 3 rings (SSSR count). The Hall–Kier alpha value is -2.54. The van der Waals surface area contributed by atoms with Gasteiger partial charge < -0.3 is 19.7 Å². The molecule has 1 heterocycles. The molecular weight excluding hydrogens is 348 g/mol. The summed E-state index contributed by atoms with van der Waals surface area (Å²) in [4.78, 5) is 25.4. The second-order valence-electron chi connectivity index (χ2n) is 7.45. The molecule has 0 fully saturated rings. The number of fused-ring (bicyclic) bond motifs is 1. The first-order chi connectivity index (χ1) is 12.7. The first kappa shape index (κ1) is 19.2. The topological polar surface area (TPSA) is 104 Å². The molecule has 0 saturated heterocycles. The van der Waals surface area contributed by atoms with Crippen LogP contribution in [0.1, 0.15) is 50.4 Å². The smallest absolute Gasteiger partial charge is 0.313 e. The van der Waals surface area contributed by atoms with Gasteiger partial charge in [0, 0.05) is 23.6 Å². The summed E-state index contributed by atoms with van der Waals surface area (Å²) < 4.78 is 10.9. The van der Waals surface area contributed by atoms with Gasteiger partial charge in [-0.25, -0.2) is 0 Å². The molecule has 7 nitrogen and oxygen atoms in total. The molecule has 1 aliphatic rings. The minimum atomic E-state index is -1.37. The zero-order chi connectivity index (χ0) is 19.8. The maximum atomic E-state index is 12.9. The van der Waals surface area contributed by atoms with E-state index in [2.05, 4.69) is 10.2 Å². The number of hydrogen-bond donors (Lipinski definition) is 3. The van der Waals surface area contributed by atoms with Crippen LogP contribution in [0.4, 0.5) is 0 Å². The number of aromatic amines is 2. The highest BCUT2D eigenvalue weighted by atomic mass is 16.5. The van der Waals surface area contributed by atoms with E-state index in [-0.39, 0.29) is 18.1 Å². The first-order valence-corrected chi connectivity index (χ1v) is 9.19. The summed E-state index contributed by atoms with van der Waals surface area (Å²) in [6.45, 7) is 7.57. The fourth-order valence-electron chi connectivity index (χ4n) is 3.86. The molecule has 0 bridgehead atoms. The van der Waals surface area contributed by atoms with E-state index in [1.165, 1.54) is 0 Å². The highest BCUT2D eigenvalue weighted by Crippen LogP contribution is 2.44. The minimum absolute atomic E-state index is 0.159. The van der Waals surface area contributed by atoms with Crippen molar-refractivity contribution in [1.29, 1.82) is 0 Å². The van der Waals surface area contributed by atoms with Gasteiger partial charge in [0.2, 0.25) is 0 Å². The molecule has 0 aliphatic heterocycles. The molecule has 0 radical (unpaired) electrons. The Morgan fingerprint density at radius 3 is 2.56 bits per heavy atom. The number of aromatic nitrogens is 2. The largest absolute Gasteiger partial charge is 0.494 e. The van der Waals surface area contributed by atoms with Crippen molar-refractivity contribution in [2.75, 3.05) is 6.61 Å². The molecule has 1 aromatic heterocycles. The SMILES string of the molecule is CCOc1ccc([C@@H]2c3c([nH][nH]c3=O)C[C@](C)(O)[C@H]2C(=O)OC(C)C)cc1. The summed E-state index contributed by atoms with van der Waals surface area (Å²) >= 11 is 0. The third-order valence-corrected chi connectivity index (χ3v) is 4.90. The number of esters is 1. The lowest BCUT2D eigenvalue weighted by molar-refractivity contribution is -0.163. The van der Waals surface area contributed by atoms with Gasteiger partial charge in [0.15, 0.2) is 0 Å². The predicted molar refractivity (Wildman–Crippen MR) is 99.9 cm³/mol. The number of rotatable bonds is 5. The maximum Gasteiger partial charge on any atom is 0.313 e. The van der Waals surface area contributed by atoms with Crippen LogP contribution in [0.3, 0.4) is 0 Å². The van der Waals surface area contributed by atoms with Crippen LogP contribution < -0.4 is 10.3 Å². The van der Waals surface area contributed by atoms with Gasteiger partial charge in [-0.3, -0.25) is 14.7 Å². The fourth-order valence-corrected chi connectivity index (χ4v) is 3.86. The van der Waals surface area contributed by atoms with Crippen molar-refractivity contribution in [3.8, 4) is 5.75 Å². The number of ether oxygens (including phenoxy) is 2. The molecule has 2 aromatic rings. The zero-order valence-corrected chi connectivity index (χ0v) is 16.0. The van der Waals surface area contributed by atoms with Gasteiger partial charge in [0.1, 0.15) is 5.75 Å². The second-order valence-corrected chi connectivity index (χ2v) is 7.45. The zero-order valence-electron chi connectivity index (χ0n) is 16.0. The molecule has 1 aliphatic carbocycles. The Morgan fingerprint density at radius 2 is 1.96 bits per heavy atom.